The SMILES string of the molecule is CNC(=O)c1c(-c2ccc(F)cc2)oc2cc(CN(c3ccc(N)c(C(=O)OC)c3)[SH](=O)=O)c(C3CC3)cc12. The lowest BCUT2D eigenvalue weighted by molar-refractivity contribution is 0.0601. The molecular weight excluding hydrogens is 525 g/mol. The zero-order chi connectivity index (χ0) is 27.8. The van der Waals surface area contributed by atoms with E-state index in [1.165, 1.54) is 56.6 Å². The Balaban J connectivity index is 1.64. The summed E-state index contributed by atoms with van der Waals surface area (Å²) in [6.07, 6.45) is 1.85. The third kappa shape index (κ3) is 5.05. The minimum Gasteiger partial charge on any atom is -0.465 e. The van der Waals surface area contributed by atoms with Crippen LogP contribution < -0.4 is 15.4 Å². The number of carbonyl (C=O) groups excluding carboxylic acids is 2. The average molecular weight is 552 g/mol. The predicted molar refractivity (Wildman–Crippen MR) is 146 cm³/mol. The van der Waals surface area contributed by atoms with E-state index in [0.29, 0.717) is 27.7 Å². The van der Waals surface area contributed by atoms with Gasteiger partial charge in [0.15, 0.2) is 0 Å². The number of carbonyl (C=O) groups is 2. The lowest BCUT2D eigenvalue weighted by Gasteiger charge is -2.21. The van der Waals surface area contributed by atoms with Gasteiger partial charge >= 0.3 is 5.97 Å². The van der Waals surface area contributed by atoms with Crippen molar-refractivity contribution in [3.05, 3.63) is 82.7 Å². The second-order valence-corrected chi connectivity index (χ2v) is 10.2. The summed E-state index contributed by atoms with van der Waals surface area (Å²) < 4.78 is 50.5. The molecule has 0 radical (unpaired) electrons. The molecule has 202 valence electrons. The molecule has 1 saturated carbocycles. The average Bonchev–Trinajstić information content (AvgIpc) is 3.71. The van der Waals surface area contributed by atoms with Crippen LogP contribution in [0, 0.1) is 5.82 Å². The molecule has 0 bridgehead atoms. The third-order valence-corrected chi connectivity index (χ3v) is 7.55. The Kier molecular flexibility index (Phi) is 7.00. The Morgan fingerprint density at radius 1 is 1.13 bits per heavy atom. The van der Waals surface area contributed by atoms with Gasteiger partial charge in [-0.3, -0.25) is 9.10 Å². The van der Waals surface area contributed by atoms with Crippen molar-refractivity contribution in [1.29, 1.82) is 0 Å². The molecule has 0 aliphatic heterocycles. The van der Waals surface area contributed by atoms with Gasteiger partial charge in [-0.2, -0.15) is 0 Å². The zero-order valence-corrected chi connectivity index (χ0v) is 22.1. The number of nitrogens with one attached hydrogen (secondary N) is 1. The molecule has 0 saturated heterocycles. The van der Waals surface area contributed by atoms with Gasteiger partial charge in [-0.15, -0.1) is 0 Å². The molecule has 1 fully saturated rings. The normalized spacial score (nSPS) is 13.0. The maximum Gasteiger partial charge on any atom is 0.340 e. The fourth-order valence-corrected chi connectivity index (χ4v) is 5.25. The topological polar surface area (TPSA) is 132 Å². The number of nitrogens with zero attached hydrogens (tertiary/aromatic N) is 1. The molecule has 9 nitrogen and oxygen atoms in total. The third-order valence-electron chi connectivity index (χ3n) is 6.79. The highest BCUT2D eigenvalue weighted by molar-refractivity contribution is 7.74. The summed E-state index contributed by atoms with van der Waals surface area (Å²) in [6.45, 7) is -0.0348. The van der Waals surface area contributed by atoms with E-state index in [1.807, 2.05) is 6.07 Å². The molecule has 0 unspecified atom stereocenters. The minimum absolute atomic E-state index is 0.0348. The molecule has 1 heterocycles. The molecule has 4 aromatic rings. The fourth-order valence-electron chi connectivity index (χ4n) is 4.66. The number of thiol groups is 1. The molecule has 1 amide bonds. The number of hydrogen-bond acceptors (Lipinski definition) is 7. The smallest absolute Gasteiger partial charge is 0.340 e. The Hall–Kier alpha value is -4.38. The minimum atomic E-state index is -3.11. The van der Waals surface area contributed by atoms with Gasteiger partial charge in [0, 0.05) is 23.7 Å². The predicted octanol–water partition coefficient (Wildman–Crippen LogP) is 4.38. The largest absolute Gasteiger partial charge is 0.465 e. The van der Waals surface area contributed by atoms with E-state index >= 15 is 0 Å². The quantitative estimate of drug-likeness (QED) is 0.168. The van der Waals surface area contributed by atoms with Crippen LogP contribution in [0.5, 0.6) is 0 Å². The fraction of sp³-hybridized carbons (Fsp3) is 0.214. The van der Waals surface area contributed by atoms with E-state index in [1.54, 1.807) is 6.07 Å². The maximum atomic E-state index is 13.6. The number of amides is 1. The number of benzene rings is 3. The number of ether oxygens (including phenoxy) is 1. The van der Waals surface area contributed by atoms with Gasteiger partial charge in [0.05, 0.1) is 30.5 Å². The molecule has 1 aromatic heterocycles. The van der Waals surface area contributed by atoms with Gasteiger partial charge < -0.3 is 20.2 Å². The van der Waals surface area contributed by atoms with Crippen molar-refractivity contribution in [3.8, 4) is 11.3 Å². The summed E-state index contributed by atoms with van der Waals surface area (Å²) in [7, 11) is -0.373. The Labute approximate surface area is 225 Å². The number of fused-ring (bicyclic) bond motifs is 1. The van der Waals surface area contributed by atoms with Crippen molar-refractivity contribution in [1.82, 2.24) is 5.32 Å². The van der Waals surface area contributed by atoms with Crippen LogP contribution in [0.15, 0.2) is 59.0 Å². The summed E-state index contributed by atoms with van der Waals surface area (Å²) in [4.78, 5) is 25.1. The van der Waals surface area contributed by atoms with Crippen molar-refractivity contribution in [3.63, 3.8) is 0 Å². The van der Waals surface area contributed by atoms with Crippen molar-refractivity contribution in [2.75, 3.05) is 24.2 Å². The van der Waals surface area contributed by atoms with E-state index in [0.717, 1.165) is 22.7 Å². The first-order chi connectivity index (χ1) is 18.7. The number of furan rings is 1. The van der Waals surface area contributed by atoms with Crippen LogP contribution in [0.3, 0.4) is 0 Å². The second kappa shape index (κ2) is 10.4. The van der Waals surface area contributed by atoms with Crippen LogP contribution in [0.2, 0.25) is 0 Å². The van der Waals surface area contributed by atoms with Crippen molar-refractivity contribution in [2.45, 2.75) is 25.3 Å². The van der Waals surface area contributed by atoms with Crippen molar-refractivity contribution in [2.24, 2.45) is 0 Å². The highest BCUT2D eigenvalue weighted by Gasteiger charge is 2.30. The Morgan fingerprint density at radius 2 is 1.85 bits per heavy atom. The van der Waals surface area contributed by atoms with Gasteiger partial charge in [0.2, 0.25) is 10.9 Å². The molecule has 0 spiro atoms. The summed E-state index contributed by atoms with van der Waals surface area (Å²) in [5, 5.41) is 3.22. The second-order valence-electron chi connectivity index (χ2n) is 9.27. The first-order valence-electron chi connectivity index (χ1n) is 12.2. The van der Waals surface area contributed by atoms with E-state index in [4.69, 9.17) is 14.9 Å². The van der Waals surface area contributed by atoms with E-state index in [9.17, 15) is 22.4 Å². The number of rotatable bonds is 8. The van der Waals surface area contributed by atoms with Crippen LogP contribution in [-0.4, -0.2) is 34.5 Å². The number of esters is 1. The molecule has 3 aromatic carbocycles. The number of nitrogens with two attached hydrogens (primary N) is 1. The molecule has 1 aliphatic carbocycles. The number of anilines is 2. The van der Waals surface area contributed by atoms with Crippen molar-refractivity contribution >= 4 is 45.1 Å². The Bertz CT molecular complexity index is 1670. The van der Waals surface area contributed by atoms with Gasteiger partial charge in [-0.25, -0.2) is 17.6 Å². The summed E-state index contributed by atoms with van der Waals surface area (Å²) in [6, 6.07) is 13.6. The maximum absolute atomic E-state index is 13.6. The van der Waals surface area contributed by atoms with E-state index in [2.05, 4.69) is 5.32 Å². The molecule has 11 heteroatoms. The molecule has 0 atom stereocenters. The first kappa shape index (κ1) is 26.2. The highest BCUT2D eigenvalue weighted by atomic mass is 32.2. The lowest BCUT2D eigenvalue weighted by atomic mass is 9.97. The van der Waals surface area contributed by atoms with Gasteiger partial charge in [-0.05, 0) is 84.5 Å². The van der Waals surface area contributed by atoms with Crippen LogP contribution in [-0.2, 0) is 22.2 Å². The summed E-state index contributed by atoms with van der Waals surface area (Å²) in [5.41, 5.74) is 9.22. The van der Waals surface area contributed by atoms with E-state index in [-0.39, 0.29) is 41.1 Å². The van der Waals surface area contributed by atoms with Crippen LogP contribution in [0.25, 0.3) is 22.3 Å². The molecule has 3 N–H and O–H groups in total. The molecule has 39 heavy (non-hydrogen) atoms. The van der Waals surface area contributed by atoms with Crippen LogP contribution >= 0.6 is 0 Å². The number of halogens is 1. The number of hydrogen-bond donors (Lipinski definition) is 3. The van der Waals surface area contributed by atoms with E-state index < -0.39 is 22.7 Å². The summed E-state index contributed by atoms with van der Waals surface area (Å²) >= 11 is 0. The molecule has 5 rings (SSSR count). The highest BCUT2D eigenvalue weighted by Crippen LogP contribution is 2.45. The lowest BCUT2D eigenvalue weighted by Crippen LogP contribution is -2.22. The van der Waals surface area contributed by atoms with Crippen LogP contribution in [0.4, 0.5) is 15.8 Å². The van der Waals surface area contributed by atoms with Gasteiger partial charge in [0.25, 0.3) is 5.91 Å². The zero-order valence-electron chi connectivity index (χ0n) is 21.2. The van der Waals surface area contributed by atoms with Crippen LogP contribution in [0.1, 0.15) is 50.6 Å². The standard InChI is InChI=1S/C28H26FN3O6S/c1-31-27(33)25-22-13-20(15-3-4-15)17(11-24(22)38-26(25)16-5-7-18(29)8-6-16)14-32(39(35)36)19-9-10-23(30)21(12-19)28(34)37-2/h5-13,15,39H,3-4,14,30H2,1-2H3,(H,31,33). The number of methoxy groups -OCH3 is 1. The Morgan fingerprint density at radius 3 is 2.46 bits per heavy atom. The number of nitrogen functional groups attached to an aromatic ring is 1. The van der Waals surface area contributed by atoms with Crippen molar-refractivity contribution < 1.29 is 31.6 Å². The molecular formula is C28H26FN3O6S. The van der Waals surface area contributed by atoms with Gasteiger partial charge in [0.1, 0.15) is 17.2 Å². The molecule has 1 aliphatic rings. The van der Waals surface area contributed by atoms with Gasteiger partial charge in [-0.1, -0.05) is 0 Å². The first-order valence-corrected chi connectivity index (χ1v) is 13.3. The summed E-state index contributed by atoms with van der Waals surface area (Å²) in [5.74, 6) is -0.962. The monoisotopic (exact) mass is 551 g/mol.